The van der Waals surface area contributed by atoms with Crippen LogP contribution in [0.15, 0.2) is 0 Å². The van der Waals surface area contributed by atoms with Crippen LogP contribution in [0.25, 0.3) is 0 Å². The number of nitrogens with two attached hydrogens (primary N) is 1. The first-order valence-electron chi connectivity index (χ1n) is 9.31. The van der Waals surface area contributed by atoms with Gasteiger partial charge in [0.25, 0.3) is 0 Å². The van der Waals surface area contributed by atoms with Crippen LogP contribution < -0.4 is 11.1 Å². The third-order valence-electron chi connectivity index (χ3n) is 5.57. The van der Waals surface area contributed by atoms with E-state index in [9.17, 15) is 4.79 Å². The minimum atomic E-state index is -0.357. The first-order chi connectivity index (χ1) is 10.7. The molecule has 23 heavy (non-hydrogen) atoms. The van der Waals surface area contributed by atoms with E-state index in [1.807, 2.05) is 0 Å². The number of carbonyl (C=O) groups is 1. The van der Waals surface area contributed by atoms with E-state index < -0.39 is 0 Å². The number of halogens is 1. The second-order valence-electron chi connectivity index (χ2n) is 7.25. The second kappa shape index (κ2) is 11.3. The molecule has 0 radical (unpaired) electrons. The SMILES string of the molecule is CCCCC1CCC(CNC(=O)C(N)C2CCOCC2)CC1.Cl. The molecule has 0 aromatic heterocycles. The van der Waals surface area contributed by atoms with Crippen molar-refractivity contribution in [1.82, 2.24) is 5.32 Å². The van der Waals surface area contributed by atoms with Gasteiger partial charge in [0.15, 0.2) is 0 Å². The Balaban J connectivity index is 0.00000264. The number of rotatable bonds is 7. The van der Waals surface area contributed by atoms with Crippen molar-refractivity contribution in [1.29, 1.82) is 0 Å². The first kappa shape index (κ1) is 20.7. The third kappa shape index (κ3) is 6.98. The molecule has 1 amide bonds. The average molecular weight is 347 g/mol. The lowest BCUT2D eigenvalue weighted by atomic mass is 9.80. The summed E-state index contributed by atoms with van der Waals surface area (Å²) < 4.78 is 5.34. The maximum absolute atomic E-state index is 12.2. The Morgan fingerprint density at radius 3 is 2.35 bits per heavy atom. The van der Waals surface area contributed by atoms with Crippen molar-refractivity contribution in [2.24, 2.45) is 23.5 Å². The van der Waals surface area contributed by atoms with Crippen LogP contribution >= 0.6 is 12.4 Å². The predicted molar refractivity (Wildman–Crippen MR) is 96.7 cm³/mol. The van der Waals surface area contributed by atoms with Gasteiger partial charge in [-0.3, -0.25) is 4.79 Å². The topological polar surface area (TPSA) is 64.4 Å². The van der Waals surface area contributed by atoms with E-state index in [0.717, 1.165) is 38.5 Å². The summed E-state index contributed by atoms with van der Waals surface area (Å²) in [5.41, 5.74) is 6.12. The molecule has 1 aliphatic heterocycles. The Morgan fingerprint density at radius 1 is 1.13 bits per heavy atom. The van der Waals surface area contributed by atoms with E-state index in [1.165, 1.54) is 44.9 Å². The van der Waals surface area contributed by atoms with E-state index in [2.05, 4.69) is 12.2 Å². The molecule has 0 spiro atoms. The summed E-state index contributed by atoms with van der Waals surface area (Å²) in [4.78, 5) is 12.2. The van der Waals surface area contributed by atoms with Crippen LogP contribution in [0.2, 0.25) is 0 Å². The number of nitrogens with one attached hydrogen (secondary N) is 1. The molecule has 0 aromatic rings. The maximum atomic E-state index is 12.2. The maximum Gasteiger partial charge on any atom is 0.237 e. The molecule has 1 saturated carbocycles. The molecule has 3 N–H and O–H groups in total. The molecule has 1 saturated heterocycles. The van der Waals surface area contributed by atoms with Gasteiger partial charge in [-0.05, 0) is 43.4 Å². The van der Waals surface area contributed by atoms with Gasteiger partial charge in [0, 0.05) is 19.8 Å². The zero-order valence-electron chi connectivity index (χ0n) is 14.6. The Hall–Kier alpha value is -0.320. The fourth-order valence-electron chi connectivity index (χ4n) is 3.87. The van der Waals surface area contributed by atoms with Gasteiger partial charge in [-0.1, -0.05) is 39.0 Å². The van der Waals surface area contributed by atoms with Crippen LogP contribution in [0, 0.1) is 17.8 Å². The molecule has 2 fully saturated rings. The highest BCUT2D eigenvalue weighted by atomic mass is 35.5. The molecule has 136 valence electrons. The zero-order chi connectivity index (χ0) is 15.8. The summed E-state index contributed by atoms with van der Waals surface area (Å²) in [6.07, 6.45) is 11.1. The monoisotopic (exact) mass is 346 g/mol. The third-order valence-corrected chi connectivity index (χ3v) is 5.57. The van der Waals surface area contributed by atoms with Gasteiger partial charge in [-0.15, -0.1) is 12.4 Å². The van der Waals surface area contributed by atoms with Gasteiger partial charge in [0.05, 0.1) is 6.04 Å². The van der Waals surface area contributed by atoms with Crippen molar-refractivity contribution in [3.8, 4) is 0 Å². The Bertz CT molecular complexity index is 327. The molecule has 5 heteroatoms. The van der Waals surface area contributed by atoms with E-state index in [4.69, 9.17) is 10.5 Å². The fourth-order valence-corrected chi connectivity index (χ4v) is 3.87. The van der Waals surface area contributed by atoms with E-state index in [1.54, 1.807) is 0 Å². The minimum absolute atomic E-state index is 0. The molecule has 2 aliphatic rings. The van der Waals surface area contributed by atoms with Crippen LogP contribution in [-0.2, 0) is 9.53 Å². The zero-order valence-corrected chi connectivity index (χ0v) is 15.4. The lowest BCUT2D eigenvalue weighted by Crippen LogP contribution is -2.48. The van der Waals surface area contributed by atoms with E-state index in [-0.39, 0.29) is 24.4 Å². The Kier molecular flexibility index (Phi) is 10.2. The van der Waals surface area contributed by atoms with Crippen LogP contribution in [0.3, 0.4) is 0 Å². The van der Waals surface area contributed by atoms with Crippen molar-refractivity contribution < 1.29 is 9.53 Å². The highest BCUT2D eigenvalue weighted by molar-refractivity contribution is 5.85. The normalized spacial score (nSPS) is 27.0. The minimum Gasteiger partial charge on any atom is -0.381 e. The van der Waals surface area contributed by atoms with Gasteiger partial charge in [0.1, 0.15) is 0 Å². The number of hydrogen-bond donors (Lipinski definition) is 2. The quantitative estimate of drug-likeness (QED) is 0.743. The lowest BCUT2D eigenvalue weighted by molar-refractivity contribution is -0.124. The Labute approximate surface area is 147 Å². The first-order valence-corrected chi connectivity index (χ1v) is 9.31. The standard InChI is InChI=1S/C18H34N2O2.ClH/c1-2-3-4-14-5-7-15(8-6-14)13-20-18(21)17(19)16-9-11-22-12-10-16;/h14-17H,2-13,19H2,1H3,(H,20,21);1H. The van der Waals surface area contributed by atoms with Crippen molar-refractivity contribution >= 4 is 18.3 Å². The highest BCUT2D eigenvalue weighted by Crippen LogP contribution is 2.31. The lowest BCUT2D eigenvalue weighted by Gasteiger charge is -2.30. The number of carbonyl (C=O) groups excluding carboxylic acids is 1. The second-order valence-corrected chi connectivity index (χ2v) is 7.25. The summed E-state index contributed by atoms with van der Waals surface area (Å²) in [7, 11) is 0. The van der Waals surface area contributed by atoms with Crippen LogP contribution in [-0.4, -0.2) is 31.7 Å². The van der Waals surface area contributed by atoms with Crippen molar-refractivity contribution in [3.63, 3.8) is 0 Å². The van der Waals surface area contributed by atoms with Crippen molar-refractivity contribution in [3.05, 3.63) is 0 Å². The van der Waals surface area contributed by atoms with Crippen molar-refractivity contribution in [2.45, 2.75) is 70.8 Å². The average Bonchev–Trinajstić information content (AvgIpc) is 2.58. The summed E-state index contributed by atoms with van der Waals surface area (Å²) in [6, 6.07) is -0.357. The molecule has 2 rings (SSSR count). The largest absolute Gasteiger partial charge is 0.381 e. The van der Waals surface area contributed by atoms with Crippen LogP contribution in [0.1, 0.15) is 64.7 Å². The van der Waals surface area contributed by atoms with Crippen molar-refractivity contribution in [2.75, 3.05) is 19.8 Å². The van der Waals surface area contributed by atoms with Crippen LogP contribution in [0.5, 0.6) is 0 Å². The fraction of sp³-hybridized carbons (Fsp3) is 0.944. The number of hydrogen-bond acceptors (Lipinski definition) is 3. The number of ether oxygens (including phenoxy) is 1. The number of unbranched alkanes of at least 4 members (excludes halogenated alkanes) is 1. The summed E-state index contributed by atoms with van der Waals surface area (Å²) in [6.45, 7) is 4.57. The Morgan fingerprint density at radius 2 is 1.74 bits per heavy atom. The van der Waals surface area contributed by atoms with Gasteiger partial charge in [0.2, 0.25) is 5.91 Å². The molecule has 1 aliphatic carbocycles. The highest BCUT2D eigenvalue weighted by Gasteiger charge is 2.27. The molecule has 1 unspecified atom stereocenters. The summed E-state index contributed by atoms with van der Waals surface area (Å²) in [5, 5.41) is 3.10. The molecular weight excluding hydrogens is 312 g/mol. The van der Waals surface area contributed by atoms with Gasteiger partial charge in [-0.25, -0.2) is 0 Å². The van der Waals surface area contributed by atoms with Gasteiger partial charge >= 0.3 is 0 Å². The number of amides is 1. The van der Waals surface area contributed by atoms with E-state index in [0.29, 0.717) is 11.8 Å². The molecule has 0 bridgehead atoms. The van der Waals surface area contributed by atoms with Gasteiger partial charge < -0.3 is 15.8 Å². The van der Waals surface area contributed by atoms with Crippen LogP contribution in [0.4, 0.5) is 0 Å². The smallest absolute Gasteiger partial charge is 0.237 e. The summed E-state index contributed by atoms with van der Waals surface area (Å²) >= 11 is 0. The molecule has 4 nitrogen and oxygen atoms in total. The predicted octanol–water partition coefficient (Wildman–Crippen LogP) is 3.27. The van der Waals surface area contributed by atoms with Gasteiger partial charge in [-0.2, -0.15) is 0 Å². The van der Waals surface area contributed by atoms with E-state index >= 15 is 0 Å². The molecular formula is C18H35ClN2O2. The summed E-state index contributed by atoms with van der Waals surface area (Å²) in [5.74, 6) is 1.92. The molecule has 0 aromatic carbocycles. The molecule has 1 atom stereocenters. The molecule has 1 heterocycles.